The molecule has 3 fully saturated rings. The molecule has 380 valence electrons. The van der Waals surface area contributed by atoms with Crippen molar-refractivity contribution >= 4 is 0 Å². The zero-order chi connectivity index (χ0) is 46.9. The standard InChI is InChI=1S/C36H70O.C27H46O/c1-3-5-7-9-11-13-15-17-19-21-23-25-27-29-31-33-35-37-36-34-32-30-28-26-24-22-20-18-16-14-12-10-8-6-4-2;1-18(2)7-6-8-19(3)23-11-12-24-22-10-9-20-17-21(28)13-15-26(20,4)25(22)14-16-27(23,24)5/h17-20H,3-16,21-36H2,1-2H3;9,18-19,21-25,28H,6-8,10-17H2,1-5H3/t;19-,21+,22+,23-,24+,25+,26+,27-/m.1/s1. The Bertz CT molecular complexity index is 1170. The van der Waals surface area contributed by atoms with Gasteiger partial charge < -0.3 is 9.84 Å². The van der Waals surface area contributed by atoms with E-state index >= 15 is 0 Å². The van der Waals surface area contributed by atoms with Crippen molar-refractivity contribution in [3.63, 3.8) is 0 Å². The number of aliphatic hydroxyl groups excluding tert-OH is 1. The van der Waals surface area contributed by atoms with E-state index in [1.807, 2.05) is 0 Å². The van der Waals surface area contributed by atoms with Crippen LogP contribution in [0, 0.1) is 46.3 Å². The van der Waals surface area contributed by atoms with E-state index in [2.05, 4.69) is 78.8 Å². The molecule has 0 unspecified atom stereocenters. The van der Waals surface area contributed by atoms with Crippen molar-refractivity contribution in [3.8, 4) is 0 Å². The Hall–Kier alpha value is -0.860. The highest BCUT2D eigenvalue weighted by molar-refractivity contribution is 5.25. The van der Waals surface area contributed by atoms with E-state index in [9.17, 15) is 5.11 Å². The van der Waals surface area contributed by atoms with Gasteiger partial charge in [-0.05, 0) is 162 Å². The van der Waals surface area contributed by atoms with Gasteiger partial charge in [-0.25, -0.2) is 0 Å². The minimum Gasteiger partial charge on any atom is -0.393 e. The SMILES string of the molecule is CC(C)CCC[C@@H](C)[C@H]1CC[C@H]2[C@@H]3CC=C4C[C@@H](O)CC[C@]4(C)[C@H]3CC[C@]12C.CCCCCCCCC=CCCCCCCCCOCCCCCCCCC=CCCCCCCCC. The van der Waals surface area contributed by atoms with Crippen LogP contribution < -0.4 is 0 Å². The second kappa shape index (κ2) is 36.1. The zero-order valence-corrected chi connectivity index (χ0v) is 45.3. The molecule has 0 radical (unpaired) electrons. The molecular weight excluding hydrogens is 789 g/mol. The Morgan fingerprint density at radius 2 is 1.03 bits per heavy atom. The molecule has 0 aromatic carbocycles. The van der Waals surface area contributed by atoms with Gasteiger partial charge in [0.05, 0.1) is 6.10 Å². The number of hydrogen-bond donors (Lipinski definition) is 1. The summed E-state index contributed by atoms with van der Waals surface area (Å²) in [7, 11) is 0. The predicted molar refractivity (Wildman–Crippen MR) is 289 cm³/mol. The Morgan fingerprint density at radius 1 is 0.554 bits per heavy atom. The van der Waals surface area contributed by atoms with Crippen molar-refractivity contribution in [2.24, 2.45) is 46.3 Å². The molecule has 0 amide bonds. The lowest BCUT2D eigenvalue weighted by Gasteiger charge is -2.58. The van der Waals surface area contributed by atoms with Gasteiger partial charge in [-0.1, -0.05) is 219 Å². The quantitative estimate of drug-likeness (QED) is 0.0497. The smallest absolute Gasteiger partial charge is 0.0577 e. The Kier molecular flexibility index (Phi) is 32.5. The highest BCUT2D eigenvalue weighted by atomic mass is 16.5. The first-order chi connectivity index (χ1) is 31.7. The fourth-order valence-corrected chi connectivity index (χ4v) is 13.7. The zero-order valence-electron chi connectivity index (χ0n) is 45.3. The van der Waals surface area contributed by atoms with Crippen LogP contribution in [-0.4, -0.2) is 24.4 Å². The van der Waals surface area contributed by atoms with Crippen molar-refractivity contribution in [3.05, 3.63) is 36.0 Å². The van der Waals surface area contributed by atoms with Crippen LogP contribution in [0.1, 0.15) is 299 Å². The molecule has 65 heavy (non-hydrogen) atoms. The largest absolute Gasteiger partial charge is 0.393 e. The fourth-order valence-electron chi connectivity index (χ4n) is 13.7. The van der Waals surface area contributed by atoms with Crippen LogP contribution in [-0.2, 0) is 4.74 Å². The molecular formula is C63H116O2. The van der Waals surface area contributed by atoms with E-state index in [0.717, 1.165) is 61.6 Å². The van der Waals surface area contributed by atoms with Crippen LogP contribution in [0.3, 0.4) is 0 Å². The number of ether oxygens (including phenoxy) is 1. The van der Waals surface area contributed by atoms with Gasteiger partial charge in [0.1, 0.15) is 0 Å². The van der Waals surface area contributed by atoms with Crippen LogP contribution in [0.4, 0.5) is 0 Å². The van der Waals surface area contributed by atoms with Crippen LogP contribution in [0.2, 0.25) is 0 Å². The first-order valence-electron chi connectivity index (χ1n) is 29.9. The van der Waals surface area contributed by atoms with E-state index in [4.69, 9.17) is 4.74 Å². The molecule has 0 aromatic rings. The second-order valence-corrected chi connectivity index (χ2v) is 23.7. The molecule has 0 aliphatic heterocycles. The number of hydrogen-bond acceptors (Lipinski definition) is 2. The summed E-state index contributed by atoms with van der Waals surface area (Å²) < 4.78 is 5.85. The van der Waals surface area contributed by atoms with Gasteiger partial charge in [0, 0.05) is 13.2 Å². The molecule has 8 atom stereocenters. The second-order valence-electron chi connectivity index (χ2n) is 23.7. The molecule has 4 aliphatic carbocycles. The van der Waals surface area contributed by atoms with Crippen LogP contribution in [0.25, 0.3) is 0 Å². The van der Waals surface area contributed by atoms with Gasteiger partial charge in [0.2, 0.25) is 0 Å². The molecule has 0 saturated heterocycles. The third-order valence-corrected chi connectivity index (χ3v) is 17.9. The molecule has 1 N–H and O–H groups in total. The normalized spacial score (nSPS) is 26.8. The van der Waals surface area contributed by atoms with E-state index in [1.54, 1.807) is 5.57 Å². The highest BCUT2D eigenvalue weighted by Gasteiger charge is 2.59. The first kappa shape index (κ1) is 58.5. The van der Waals surface area contributed by atoms with E-state index in [0.29, 0.717) is 10.8 Å². The summed E-state index contributed by atoms with van der Waals surface area (Å²) >= 11 is 0. The Morgan fingerprint density at radius 3 is 1.52 bits per heavy atom. The number of fused-ring (bicyclic) bond motifs is 5. The van der Waals surface area contributed by atoms with Crippen molar-refractivity contribution in [2.75, 3.05) is 13.2 Å². The number of allylic oxidation sites excluding steroid dienone is 5. The minimum atomic E-state index is -0.0766. The molecule has 2 heteroatoms. The van der Waals surface area contributed by atoms with Crippen molar-refractivity contribution in [1.82, 2.24) is 0 Å². The molecule has 2 nitrogen and oxygen atoms in total. The molecule has 4 rings (SSSR count). The summed E-state index contributed by atoms with van der Waals surface area (Å²) in [4.78, 5) is 0. The Balaban J connectivity index is 0.000000356. The maximum Gasteiger partial charge on any atom is 0.0577 e. The van der Waals surface area contributed by atoms with Crippen LogP contribution >= 0.6 is 0 Å². The summed E-state index contributed by atoms with van der Waals surface area (Å²) in [5.41, 5.74) is 2.60. The summed E-state index contributed by atoms with van der Waals surface area (Å²) in [5, 5.41) is 10.2. The third-order valence-electron chi connectivity index (χ3n) is 17.9. The van der Waals surface area contributed by atoms with Gasteiger partial charge in [-0.2, -0.15) is 0 Å². The third kappa shape index (κ3) is 23.1. The first-order valence-corrected chi connectivity index (χ1v) is 29.9. The average molecular weight is 906 g/mol. The number of rotatable bonds is 37. The average Bonchev–Trinajstić information content (AvgIpc) is 3.65. The van der Waals surface area contributed by atoms with Gasteiger partial charge >= 0.3 is 0 Å². The number of aliphatic hydroxyl groups is 1. The monoisotopic (exact) mass is 905 g/mol. The van der Waals surface area contributed by atoms with Crippen molar-refractivity contribution < 1.29 is 9.84 Å². The fraction of sp³-hybridized carbons (Fsp3) is 0.905. The van der Waals surface area contributed by atoms with Gasteiger partial charge in [0.15, 0.2) is 0 Å². The molecule has 4 aliphatic rings. The molecule has 0 bridgehead atoms. The van der Waals surface area contributed by atoms with Crippen LogP contribution in [0.5, 0.6) is 0 Å². The summed E-state index contributed by atoms with van der Waals surface area (Å²) in [6.45, 7) is 19.1. The summed E-state index contributed by atoms with van der Waals surface area (Å²) in [5.74, 6) is 5.46. The summed E-state index contributed by atoms with van der Waals surface area (Å²) in [6, 6.07) is 0. The van der Waals surface area contributed by atoms with Crippen LogP contribution in [0.15, 0.2) is 36.0 Å². The van der Waals surface area contributed by atoms with Crippen molar-refractivity contribution in [2.45, 2.75) is 305 Å². The van der Waals surface area contributed by atoms with Gasteiger partial charge in [0.25, 0.3) is 0 Å². The van der Waals surface area contributed by atoms with Gasteiger partial charge in [-0.15, -0.1) is 0 Å². The van der Waals surface area contributed by atoms with Gasteiger partial charge in [-0.3, -0.25) is 0 Å². The minimum absolute atomic E-state index is 0.0766. The lowest BCUT2D eigenvalue weighted by molar-refractivity contribution is -0.0573. The maximum atomic E-state index is 10.2. The topological polar surface area (TPSA) is 29.5 Å². The molecule has 0 heterocycles. The lowest BCUT2D eigenvalue weighted by atomic mass is 9.47. The molecule has 0 spiro atoms. The van der Waals surface area contributed by atoms with E-state index in [-0.39, 0.29) is 6.10 Å². The number of unbranched alkanes of at least 4 members (excludes halogenated alkanes) is 24. The maximum absolute atomic E-state index is 10.2. The summed E-state index contributed by atoms with van der Waals surface area (Å²) in [6.07, 6.45) is 65.3. The van der Waals surface area contributed by atoms with Crippen molar-refractivity contribution in [1.29, 1.82) is 0 Å². The van der Waals surface area contributed by atoms with E-state index in [1.165, 1.54) is 238 Å². The molecule has 0 aromatic heterocycles. The lowest BCUT2D eigenvalue weighted by Crippen LogP contribution is -2.50. The Labute approximate surface area is 408 Å². The van der Waals surface area contributed by atoms with E-state index < -0.39 is 0 Å². The molecule has 3 saturated carbocycles. The highest BCUT2D eigenvalue weighted by Crippen LogP contribution is 2.67. The predicted octanol–water partition coefficient (Wildman–Crippen LogP) is 20.5.